The second kappa shape index (κ2) is 6.53. The van der Waals surface area contributed by atoms with E-state index in [0.717, 1.165) is 0 Å². The van der Waals surface area contributed by atoms with Crippen LogP contribution in [0.5, 0.6) is 0 Å². The Morgan fingerprint density at radius 2 is 0.688 bits per heavy atom. The highest BCUT2D eigenvalue weighted by atomic mass is 33.5. The van der Waals surface area contributed by atoms with Crippen molar-refractivity contribution in [3.8, 4) is 0 Å². The van der Waals surface area contributed by atoms with Gasteiger partial charge in [0.1, 0.15) is 21.7 Å². The molecule has 0 saturated carbocycles. The summed E-state index contributed by atoms with van der Waals surface area (Å²) in [5.41, 5.74) is 0.110. The molecule has 16 heavy (non-hydrogen) atoms. The maximum Gasteiger partial charge on any atom is 0.115 e. The van der Waals surface area contributed by atoms with Gasteiger partial charge in [-0.05, 0) is 0 Å². The monoisotopic (exact) mass is 346 g/mol. The molecule has 0 aromatic carbocycles. The SMILES string of the molecule is C[Si](C)(C)SP(S[Si](C)(C)C)S[Si](C)(C)C. The van der Waals surface area contributed by atoms with Crippen LogP contribution < -0.4 is 0 Å². The molecule has 98 valence electrons. The third-order valence-electron chi connectivity index (χ3n) is 1.05. The normalized spacial score (nSPS) is 14.6. The average molecular weight is 347 g/mol. The van der Waals surface area contributed by atoms with Crippen LogP contribution in [0.3, 0.4) is 0 Å². The maximum absolute atomic E-state index is 2.49. The van der Waals surface area contributed by atoms with E-state index >= 15 is 0 Å². The zero-order chi connectivity index (χ0) is 13.2. The van der Waals surface area contributed by atoms with Crippen molar-refractivity contribution in [2.45, 2.75) is 58.9 Å². The zero-order valence-electron chi connectivity index (χ0n) is 12.2. The van der Waals surface area contributed by atoms with Gasteiger partial charge < -0.3 is 0 Å². The van der Waals surface area contributed by atoms with Crippen molar-refractivity contribution in [1.82, 2.24) is 0 Å². The first-order valence-electron chi connectivity index (χ1n) is 5.66. The molecule has 0 aliphatic heterocycles. The second-order valence-electron chi connectivity index (χ2n) is 6.83. The Morgan fingerprint density at radius 3 is 0.812 bits per heavy atom. The Hall–Kier alpha value is 2.13. The Kier molecular flexibility index (Phi) is 7.40. The van der Waals surface area contributed by atoms with E-state index < -0.39 is 21.7 Å². The topological polar surface area (TPSA) is 0 Å². The van der Waals surface area contributed by atoms with Gasteiger partial charge in [0.15, 0.2) is 0 Å². The minimum absolute atomic E-state index is 0.110. The molecule has 0 aliphatic carbocycles. The van der Waals surface area contributed by atoms with Crippen molar-refractivity contribution in [3.05, 3.63) is 0 Å². The standard InChI is InChI=1S/C9H27PS3Si3/c1-14(2,3)11-10(12-15(4,5)6)13-16(7,8)9/h1-9H3. The Balaban J connectivity index is 4.53. The van der Waals surface area contributed by atoms with Crippen LogP contribution in [-0.4, -0.2) is 21.7 Å². The fraction of sp³-hybridized carbons (Fsp3) is 1.00. The van der Waals surface area contributed by atoms with Crippen LogP contribution in [0.25, 0.3) is 0 Å². The lowest BCUT2D eigenvalue weighted by Gasteiger charge is -2.31. The highest BCUT2D eigenvalue weighted by molar-refractivity contribution is 9.23. The molecule has 0 aliphatic rings. The van der Waals surface area contributed by atoms with E-state index in [4.69, 9.17) is 0 Å². The lowest BCUT2D eigenvalue weighted by Crippen LogP contribution is -2.18. The highest BCUT2D eigenvalue weighted by Crippen LogP contribution is 2.76. The van der Waals surface area contributed by atoms with Gasteiger partial charge in [-0.1, -0.05) is 58.9 Å². The molecule has 0 heterocycles. The minimum Gasteiger partial charge on any atom is -0.139 e. The Bertz CT molecular complexity index is 179. The molecule has 0 N–H and O–H groups in total. The number of hydrogen-bond donors (Lipinski definition) is 0. The first-order valence-corrected chi connectivity index (χ1v) is 23.9. The molecule has 7 heteroatoms. The fourth-order valence-corrected chi connectivity index (χ4v) is 67.9. The lowest BCUT2D eigenvalue weighted by atomic mass is 11.8. The van der Waals surface area contributed by atoms with Gasteiger partial charge in [-0.25, -0.2) is 0 Å². The van der Waals surface area contributed by atoms with Crippen LogP contribution in [-0.2, 0) is 0 Å². The lowest BCUT2D eigenvalue weighted by molar-refractivity contribution is 1.88. The molecular formula is C9H27PS3Si3. The maximum atomic E-state index is 2.49. The summed E-state index contributed by atoms with van der Waals surface area (Å²) in [6, 6.07) is 0. The van der Waals surface area contributed by atoms with Gasteiger partial charge in [-0.3, -0.25) is 0 Å². The summed E-state index contributed by atoms with van der Waals surface area (Å²) in [6.07, 6.45) is 0. The van der Waals surface area contributed by atoms with Gasteiger partial charge in [-0.15, -0.1) is 32.5 Å². The van der Waals surface area contributed by atoms with E-state index in [0.29, 0.717) is 0 Å². The van der Waals surface area contributed by atoms with Gasteiger partial charge in [-0.2, -0.15) is 0 Å². The van der Waals surface area contributed by atoms with E-state index in [-0.39, 0.29) is 5.53 Å². The summed E-state index contributed by atoms with van der Waals surface area (Å²) in [5.74, 6) is 0. The molecule has 0 rings (SSSR count). The largest absolute Gasteiger partial charge is 0.139 e. The number of hydrogen-bond acceptors (Lipinski definition) is 3. The molecule has 0 aromatic rings. The molecule has 0 aromatic heterocycles. The second-order valence-corrected chi connectivity index (χ2v) is 43.5. The highest BCUT2D eigenvalue weighted by Gasteiger charge is 2.31. The van der Waals surface area contributed by atoms with Gasteiger partial charge >= 0.3 is 0 Å². The van der Waals surface area contributed by atoms with E-state index in [1.54, 1.807) is 0 Å². The van der Waals surface area contributed by atoms with Gasteiger partial charge in [0, 0.05) is 0 Å². The van der Waals surface area contributed by atoms with Crippen LogP contribution in [0, 0.1) is 0 Å². The summed E-state index contributed by atoms with van der Waals surface area (Å²) >= 11 is 0. The van der Waals surface area contributed by atoms with Gasteiger partial charge in [0.05, 0.1) is 5.53 Å². The van der Waals surface area contributed by atoms with Gasteiger partial charge in [0.25, 0.3) is 0 Å². The predicted octanol–water partition coefficient (Wildman–Crippen LogP) is 6.92. The van der Waals surface area contributed by atoms with Crippen LogP contribution >= 0.6 is 38.0 Å². The quantitative estimate of drug-likeness (QED) is 0.378. The Labute approximate surface area is 118 Å². The molecule has 0 amide bonds. The molecular weight excluding hydrogens is 320 g/mol. The molecule has 0 bridgehead atoms. The molecule has 0 radical (unpaired) electrons. The average Bonchev–Trinajstić information content (AvgIpc) is 1.70. The van der Waals surface area contributed by atoms with Crippen molar-refractivity contribution in [3.63, 3.8) is 0 Å². The minimum atomic E-state index is -0.972. The molecule has 0 fully saturated rings. The van der Waals surface area contributed by atoms with E-state index in [9.17, 15) is 0 Å². The summed E-state index contributed by atoms with van der Waals surface area (Å²) in [5, 5.41) is 0. The first kappa shape index (κ1) is 18.1. The van der Waals surface area contributed by atoms with Crippen LogP contribution in [0.15, 0.2) is 0 Å². The molecule has 0 nitrogen and oxygen atoms in total. The molecule has 0 spiro atoms. The number of rotatable bonds is 6. The third-order valence-corrected chi connectivity index (χ3v) is 40.3. The van der Waals surface area contributed by atoms with Crippen LogP contribution in [0.2, 0.25) is 58.9 Å². The van der Waals surface area contributed by atoms with Crippen molar-refractivity contribution in [1.29, 1.82) is 0 Å². The van der Waals surface area contributed by atoms with Crippen molar-refractivity contribution in [2.75, 3.05) is 0 Å². The van der Waals surface area contributed by atoms with Crippen molar-refractivity contribution in [2.24, 2.45) is 0 Å². The van der Waals surface area contributed by atoms with E-state index in [1.165, 1.54) is 0 Å². The molecule has 0 saturated heterocycles. The van der Waals surface area contributed by atoms with Crippen LogP contribution in [0.4, 0.5) is 0 Å². The smallest absolute Gasteiger partial charge is 0.115 e. The van der Waals surface area contributed by atoms with Crippen molar-refractivity contribution < 1.29 is 0 Å². The summed E-state index contributed by atoms with van der Waals surface area (Å²) in [7, 11) is 4.15. The summed E-state index contributed by atoms with van der Waals surface area (Å²) in [4.78, 5) is 0. The van der Waals surface area contributed by atoms with E-state index in [2.05, 4.69) is 91.4 Å². The third kappa shape index (κ3) is 12.6. The van der Waals surface area contributed by atoms with Gasteiger partial charge in [0.2, 0.25) is 0 Å². The fourth-order valence-electron chi connectivity index (χ4n) is 0.727. The summed E-state index contributed by atoms with van der Waals surface area (Å²) in [6.45, 7) is 22.4. The molecule has 0 atom stereocenters. The van der Waals surface area contributed by atoms with E-state index in [1.807, 2.05) is 0 Å². The van der Waals surface area contributed by atoms with Crippen LogP contribution in [0.1, 0.15) is 0 Å². The zero-order valence-corrected chi connectivity index (χ0v) is 18.5. The first-order chi connectivity index (χ1) is 6.79. The molecule has 0 unspecified atom stereocenters. The van der Waals surface area contributed by atoms with Crippen molar-refractivity contribution >= 4 is 59.7 Å². The Morgan fingerprint density at radius 1 is 0.500 bits per heavy atom. The predicted molar refractivity (Wildman–Crippen MR) is 99.7 cm³/mol. The summed E-state index contributed by atoms with van der Waals surface area (Å²) < 4.78 is 0.